The number of halogens is 1. The number of benzene rings is 1. The molecule has 4 aliphatic carbocycles. The molecule has 0 saturated heterocycles. The van der Waals surface area contributed by atoms with Crippen LogP contribution in [0.4, 0.5) is 5.69 Å². The van der Waals surface area contributed by atoms with Gasteiger partial charge in [-0.05, 0) is 61.3 Å². The Morgan fingerprint density at radius 3 is 2.52 bits per heavy atom. The van der Waals surface area contributed by atoms with Crippen molar-refractivity contribution in [3.05, 3.63) is 38.9 Å². The van der Waals surface area contributed by atoms with E-state index in [-0.39, 0.29) is 32.9 Å². The summed E-state index contributed by atoms with van der Waals surface area (Å²) in [6, 6.07) is 4.45. The molecule has 0 aromatic heterocycles. The van der Waals surface area contributed by atoms with Crippen molar-refractivity contribution in [3.63, 3.8) is 0 Å². The lowest BCUT2D eigenvalue weighted by molar-refractivity contribution is -0.384. The molecule has 1 N–H and O–H groups in total. The first kappa shape index (κ1) is 18.4. The number of rotatable bonds is 4. The smallest absolute Gasteiger partial charge is 0.273 e. The molecule has 7 heteroatoms. The van der Waals surface area contributed by atoms with Gasteiger partial charge in [0.15, 0.2) is 0 Å². The van der Waals surface area contributed by atoms with E-state index in [4.69, 9.17) is 11.6 Å². The first-order chi connectivity index (χ1) is 12.6. The Labute approximate surface area is 163 Å². The van der Waals surface area contributed by atoms with Crippen molar-refractivity contribution >= 4 is 29.4 Å². The van der Waals surface area contributed by atoms with Crippen LogP contribution in [-0.2, 0) is 4.79 Å². The Bertz CT molecular complexity index is 835. The number of carbonyl (C=O) groups excluding carboxylic acids is 1. The first-order valence-electron chi connectivity index (χ1n) is 9.40. The molecule has 4 fully saturated rings. The summed E-state index contributed by atoms with van der Waals surface area (Å²) >= 11 is 5.82. The van der Waals surface area contributed by atoms with Crippen LogP contribution < -0.4 is 5.43 Å². The molecular weight excluding hydrogens is 366 g/mol. The second-order valence-electron chi connectivity index (χ2n) is 9.58. The molecule has 144 valence electrons. The molecule has 1 aromatic carbocycles. The highest BCUT2D eigenvalue weighted by atomic mass is 35.5. The number of nitro benzene ring substituents is 1. The van der Waals surface area contributed by atoms with Crippen LogP contribution in [0.15, 0.2) is 23.3 Å². The van der Waals surface area contributed by atoms with E-state index >= 15 is 0 Å². The van der Waals surface area contributed by atoms with Crippen LogP contribution in [0.5, 0.6) is 0 Å². The maximum absolute atomic E-state index is 13.0. The SMILES string of the molecule is CC12CC3CC(C)(C1)CC(C(=O)N/N=C/c1ccc(Cl)c([N+](=O)[O-])c1)(C3)C2. The van der Waals surface area contributed by atoms with Crippen LogP contribution >= 0.6 is 11.6 Å². The minimum Gasteiger partial charge on any atom is -0.273 e. The average molecular weight is 390 g/mol. The Balaban J connectivity index is 1.49. The van der Waals surface area contributed by atoms with Gasteiger partial charge in [0, 0.05) is 11.6 Å². The van der Waals surface area contributed by atoms with Gasteiger partial charge in [-0.2, -0.15) is 5.10 Å². The minimum absolute atomic E-state index is 0.0104. The van der Waals surface area contributed by atoms with E-state index < -0.39 is 4.92 Å². The van der Waals surface area contributed by atoms with Crippen LogP contribution in [-0.4, -0.2) is 17.0 Å². The number of nitro groups is 1. The highest BCUT2D eigenvalue weighted by Crippen LogP contribution is 2.69. The molecule has 4 bridgehead atoms. The molecule has 1 aromatic rings. The van der Waals surface area contributed by atoms with E-state index in [1.165, 1.54) is 37.6 Å². The number of hydrogen-bond donors (Lipinski definition) is 1. The van der Waals surface area contributed by atoms with Crippen molar-refractivity contribution in [1.82, 2.24) is 5.43 Å². The molecule has 2 unspecified atom stereocenters. The van der Waals surface area contributed by atoms with Gasteiger partial charge >= 0.3 is 0 Å². The Hall–Kier alpha value is -1.95. The second-order valence-corrected chi connectivity index (χ2v) is 9.98. The number of nitrogens with one attached hydrogen (secondary N) is 1. The summed E-state index contributed by atoms with van der Waals surface area (Å²) in [7, 11) is 0. The molecule has 4 aliphatic rings. The van der Waals surface area contributed by atoms with Gasteiger partial charge in [-0.3, -0.25) is 14.9 Å². The Morgan fingerprint density at radius 2 is 1.93 bits per heavy atom. The van der Waals surface area contributed by atoms with Crippen molar-refractivity contribution in [2.75, 3.05) is 0 Å². The molecule has 4 saturated carbocycles. The van der Waals surface area contributed by atoms with E-state index in [0.717, 1.165) is 19.3 Å². The number of hydrazone groups is 1. The van der Waals surface area contributed by atoms with Crippen molar-refractivity contribution in [1.29, 1.82) is 0 Å². The van der Waals surface area contributed by atoms with E-state index in [1.807, 2.05) is 0 Å². The van der Waals surface area contributed by atoms with Gasteiger partial charge in [0.1, 0.15) is 5.02 Å². The third-order valence-corrected chi connectivity index (χ3v) is 6.97. The topological polar surface area (TPSA) is 84.6 Å². The van der Waals surface area contributed by atoms with Gasteiger partial charge < -0.3 is 0 Å². The normalized spacial score (nSPS) is 36.9. The fraction of sp³-hybridized carbons (Fsp3) is 0.600. The molecule has 5 rings (SSSR count). The molecule has 1 amide bonds. The highest BCUT2D eigenvalue weighted by Gasteiger charge is 2.62. The first-order valence-corrected chi connectivity index (χ1v) is 9.78. The Kier molecular flexibility index (Phi) is 4.11. The number of nitrogens with zero attached hydrogens (tertiary/aromatic N) is 2. The highest BCUT2D eigenvalue weighted by molar-refractivity contribution is 6.32. The monoisotopic (exact) mass is 389 g/mol. The third kappa shape index (κ3) is 3.24. The van der Waals surface area contributed by atoms with Crippen molar-refractivity contribution in [2.45, 2.75) is 52.4 Å². The summed E-state index contributed by atoms with van der Waals surface area (Å²) in [5, 5.41) is 15.1. The van der Waals surface area contributed by atoms with Gasteiger partial charge in [0.2, 0.25) is 5.91 Å². The third-order valence-electron chi connectivity index (χ3n) is 6.65. The molecule has 0 heterocycles. The van der Waals surface area contributed by atoms with E-state index in [0.29, 0.717) is 11.5 Å². The molecule has 0 spiro atoms. The summed E-state index contributed by atoms with van der Waals surface area (Å²) in [4.78, 5) is 23.5. The van der Waals surface area contributed by atoms with Crippen molar-refractivity contribution in [3.8, 4) is 0 Å². The zero-order valence-corrected chi connectivity index (χ0v) is 16.4. The zero-order valence-electron chi connectivity index (χ0n) is 15.6. The summed E-state index contributed by atoms with van der Waals surface area (Å²) in [6.45, 7) is 4.65. The van der Waals surface area contributed by atoms with Crippen LogP contribution in [0.25, 0.3) is 0 Å². The van der Waals surface area contributed by atoms with E-state index in [2.05, 4.69) is 24.4 Å². The maximum atomic E-state index is 13.0. The van der Waals surface area contributed by atoms with E-state index in [1.54, 1.807) is 6.07 Å². The molecule has 0 radical (unpaired) electrons. The second kappa shape index (κ2) is 6.03. The maximum Gasteiger partial charge on any atom is 0.288 e. The lowest BCUT2D eigenvalue weighted by Crippen LogP contribution is -2.59. The predicted molar refractivity (Wildman–Crippen MR) is 104 cm³/mol. The van der Waals surface area contributed by atoms with Gasteiger partial charge in [-0.15, -0.1) is 0 Å². The van der Waals surface area contributed by atoms with Crippen LogP contribution in [0.1, 0.15) is 57.9 Å². The van der Waals surface area contributed by atoms with Gasteiger partial charge in [0.25, 0.3) is 5.69 Å². The summed E-state index contributed by atoms with van der Waals surface area (Å²) in [5.41, 5.74) is 3.25. The summed E-state index contributed by atoms with van der Waals surface area (Å²) in [6.07, 6.45) is 7.92. The zero-order chi connectivity index (χ0) is 19.4. The molecule has 27 heavy (non-hydrogen) atoms. The van der Waals surface area contributed by atoms with Gasteiger partial charge in [-0.25, -0.2) is 5.43 Å². The van der Waals surface area contributed by atoms with Gasteiger partial charge in [0.05, 0.1) is 16.6 Å². The fourth-order valence-electron chi connectivity index (χ4n) is 6.73. The lowest BCUT2D eigenvalue weighted by atomic mass is 9.40. The Morgan fingerprint density at radius 1 is 1.26 bits per heavy atom. The number of carbonyl (C=O) groups is 1. The van der Waals surface area contributed by atoms with Crippen molar-refractivity contribution in [2.24, 2.45) is 27.3 Å². The minimum atomic E-state index is -0.533. The van der Waals surface area contributed by atoms with Crippen molar-refractivity contribution < 1.29 is 9.72 Å². The predicted octanol–water partition coefficient (Wildman–Crippen LogP) is 4.69. The molecular formula is C20H24ClN3O3. The van der Waals surface area contributed by atoms with Crippen LogP contribution in [0, 0.1) is 32.3 Å². The number of amides is 1. The van der Waals surface area contributed by atoms with Gasteiger partial charge in [-0.1, -0.05) is 31.5 Å². The number of hydrogen-bond acceptors (Lipinski definition) is 4. The quantitative estimate of drug-likeness (QED) is 0.460. The standard InChI is InChI=1S/C20H24ClN3O3/c1-18-6-14-7-19(2,10-18)12-20(8-14,11-18)17(25)23-22-9-13-3-4-15(21)16(5-13)24(26)27/h3-5,9,14H,6-8,10-12H2,1-2H3,(H,23,25)/b22-9+. The fourth-order valence-corrected chi connectivity index (χ4v) is 6.92. The largest absolute Gasteiger partial charge is 0.288 e. The molecule has 0 aliphatic heterocycles. The van der Waals surface area contributed by atoms with Crippen LogP contribution in [0.2, 0.25) is 5.02 Å². The summed E-state index contributed by atoms with van der Waals surface area (Å²) in [5.74, 6) is 0.619. The summed E-state index contributed by atoms with van der Waals surface area (Å²) < 4.78 is 0. The lowest BCUT2D eigenvalue weighted by Gasteiger charge is -2.64. The van der Waals surface area contributed by atoms with Crippen LogP contribution in [0.3, 0.4) is 0 Å². The average Bonchev–Trinajstić information content (AvgIpc) is 2.52. The molecule has 6 nitrogen and oxygen atoms in total. The molecule has 2 atom stereocenters. The van der Waals surface area contributed by atoms with E-state index in [9.17, 15) is 14.9 Å².